The second-order valence-electron chi connectivity index (χ2n) is 4.24. The Kier molecular flexibility index (Phi) is 1.89. The summed E-state index contributed by atoms with van der Waals surface area (Å²) in [5.74, 6) is -1.45. The van der Waals surface area contributed by atoms with Crippen LogP contribution in [-0.2, 0) is 9.53 Å². The van der Waals surface area contributed by atoms with E-state index in [-0.39, 0.29) is 19.4 Å². The molecule has 2 heterocycles. The minimum Gasteiger partial charge on any atom is -0.481 e. The number of carboxylic acid groups (broad SMARTS) is 1. The van der Waals surface area contributed by atoms with Gasteiger partial charge in [-0.15, -0.1) is 0 Å². The molecule has 1 unspecified atom stereocenters. The van der Waals surface area contributed by atoms with Crippen LogP contribution in [0.25, 0.3) is 0 Å². The van der Waals surface area contributed by atoms with E-state index < -0.39 is 29.3 Å². The molecule has 2 bridgehead atoms. The smallest absolute Gasteiger partial charge is 0.415 e. The lowest BCUT2D eigenvalue weighted by molar-refractivity contribution is -0.225. The second-order valence-corrected chi connectivity index (χ2v) is 4.24. The van der Waals surface area contributed by atoms with Crippen molar-refractivity contribution in [2.75, 3.05) is 6.54 Å². The number of rotatable bonds is 2. The van der Waals surface area contributed by atoms with Crippen molar-refractivity contribution < 1.29 is 27.8 Å². The van der Waals surface area contributed by atoms with E-state index in [0.717, 1.165) is 0 Å². The summed E-state index contributed by atoms with van der Waals surface area (Å²) >= 11 is 0. The van der Waals surface area contributed by atoms with Crippen molar-refractivity contribution in [3.63, 3.8) is 0 Å². The van der Waals surface area contributed by atoms with Gasteiger partial charge in [-0.25, -0.2) is 0 Å². The standard InChI is InChI=1S/C8H10F3NO3/c9-8(10,11)4-7(5(13)14)1-6(2-7,3-12)15-4/h4H,1-3,12H2,(H,13,14). The van der Waals surface area contributed by atoms with Gasteiger partial charge in [0, 0.05) is 6.54 Å². The molecule has 1 atom stereocenters. The Morgan fingerprint density at radius 2 is 2.07 bits per heavy atom. The van der Waals surface area contributed by atoms with E-state index in [4.69, 9.17) is 15.6 Å². The Balaban J connectivity index is 2.31. The number of nitrogens with two attached hydrogens (primary N) is 1. The highest BCUT2D eigenvalue weighted by atomic mass is 19.4. The molecule has 3 rings (SSSR count). The van der Waals surface area contributed by atoms with Crippen LogP contribution >= 0.6 is 0 Å². The Morgan fingerprint density at radius 3 is 2.33 bits per heavy atom. The minimum atomic E-state index is -4.65. The molecule has 2 saturated heterocycles. The summed E-state index contributed by atoms with van der Waals surface area (Å²) < 4.78 is 42.3. The molecular weight excluding hydrogens is 215 g/mol. The molecule has 0 aromatic rings. The zero-order valence-corrected chi connectivity index (χ0v) is 7.67. The van der Waals surface area contributed by atoms with E-state index in [0.29, 0.717) is 0 Å². The zero-order valence-electron chi connectivity index (χ0n) is 7.67. The molecule has 3 fully saturated rings. The van der Waals surface area contributed by atoms with Gasteiger partial charge in [0.25, 0.3) is 0 Å². The van der Waals surface area contributed by atoms with Gasteiger partial charge in [-0.05, 0) is 12.8 Å². The van der Waals surface area contributed by atoms with Gasteiger partial charge >= 0.3 is 12.1 Å². The van der Waals surface area contributed by atoms with Crippen LogP contribution in [-0.4, -0.2) is 35.5 Å². The lowest BCUT2D eigenvalue weighted by Gasteiger charge is -2.41. The fraction of sp³-hybridized carbons (Fsp3) is 0.875. The van der Waals surface area contributed by atoms with E-state index >= 15 is 0 Å². The van der Waals surface area contributed by atoms with Gasteiger partial charge in [0.05, 0.1) is 5.60 Å². The highest BCUT2D eigenvalue weighted by Gasteiger charge is 2.77. The van der Waals surface area contributed by atoms with Crippen LogP contribution in [0.2, 0.25) is 0 Å². The molecule has 86 valence electrons. The Morgan fingerprint density at radius 1 is 1.53 bits per heavy atom. The summed E-state index contributed by atoms with van der Waals surface area (Å²) in [5, 5.41) is 8.83. The maximum Gasteiger partial charge on any atom is 0.415 e. The maximum atomic E-state index is 12.5. The third-order valence-corrected chi connectivity index (χ3v) is 3.24. The molecule has 3 N–H and O–H groups in total. The monoisotopic (exact) mass is 225 g/mol. The molecule has 0 radical (unpaired) electrons. The molecule has 0 amide bonds. The number of halogens is 3. The van der Waals surface area contributed by atoms with E-state index in [1.165, 1.54) is 0 Å². The van der Waals surface area contributed by atoms with Crippen molar-refractivity contribution in [2.24, 2.45) is 11.1 Å². The fourth-order valence-corrected chi connectivity index (χ4v) is 2.57. The summed E-state index contributed by atoms with van der Waals surface area (Å²) in [5.41, 5.74) is 2.41. The molecule has 7 heteroatoms. The van der Waals surface area contributed by atoms with Gasteiger partial charge in [-0.1, -0.05) is 0 Å². The fourth-order valence-electron chi connectivity index (χ4n) is 2.57. The first-order chi connectivity index (χ1) is 6.76. The Labute approximate surface area is 83.2 Å². The van der Waals surface area contributed by atoms with E-state index in [1.54, 1.807) is 0 Å². The number of hydrogen-bond donors (Lipinski definition) is 2. The van der Waals surface area contributed by atoms with Crippen LogP contribution in [0, 0.1) is 5.41 Å². The molecule has 3 aliphatic rings. The van der Waals surface area contributed by atoms with Crippen molar-refractivity contribution >= 4 is 5.97 Å². The lowest BCUT2D eigenvalue weighted by atomic mass is 9.60. The van der Waals surface area contributed by atoms with Gasteiger partial charge in [0.15, 0.2) is 6.10 Å². The molecule has 1 aliphatic carbocycles. The first-order valence-corrected chi connectivity index (χ1v) is 4.44. The molecule has 0 aromatic carbocycles. The van der Waals surface area contributed by atoms with Gasteiger partial charge in [-0.2, -0.15) is 13.2 Å². The van der Waals surface area contributed by atoms with Crippen LogP contribution in [0.3, 0.4) is 0 Å². The number of alkyl halides is 3. The van der Waals surface area contributed by atoms with Gasteiger partial charge < -0.3 is 15.6 Å². The number of aliphatic carboxylic acids is 1. The van der Waals surface area contributed by atoms with Crippen molar-refractivity contribution in [3.05, 3.63) is 0 Å². The number of carboxylic acids is 1. The normalized spacial score (nSPS) is 43.9. The molecule has 0 aromatic heterocycles. The SMILES string of the molecule is NCC12CC(C(=O)O)(C1)C(C(F)(F)F)O2. The first kappa shape index (κ1) is 10.7. The van der Waals surface area contributed by atoms with Crippen molar-refractivity contribution in [1.82, 2.24) is 0 Å². The van der Waals surface area contributed by atoms with Crippen molar-refractivity contribution in [1.29, 1.82) is 0 Å². The zero-order chi connectivity index (χ0) is 11.5. The number of fused-ring (bicyclic) bond motifs is 1. The van der Waals surface area contributed by atoms with E-state index in [2.05, 4.69) is 0 Å². The van der Waals surface area contributed by atoms with Crippen LogP contribution < -0.4 is 5.73 Å². The third-order valence-electron chi connectivity index (χ3n) is 3.24. The second kappa shape index (κ2) is 2.65. The number of hydrogen-bond acceptors (Lipinski definition) is 3. The van der Waals surface area contributed by atoms with Crippen molar-refractivity contribution in [3.8, 4) is 0 Å². The quantitative estimate of drug-likeness (QED) is 0.718. The predicted octanol–water partition coefficient (Wildman–Crippen LogP) is 0.510. The predicted molar refractivity (Wildman–Crippen MR) is 42.0 cm³/mol. The molecule has 15 heavy (non-hydrogen) atoms. The third kappa shape index (κ3) is 1.19. The average Bonchev–Trinajstić information content (AvgIpc) is 2.52. The highest BCUT2D eigenvalue weighted by Crippen LogP contribution is 2.64. The average molecular weight is 225 g/mol. The van der Waals surface area contributed by atoms with Crippen molar-refractivity contribution in [2.45, 2.75) is 30.7 Å². The number of ether oxygens (including phenoxy) is 1. The summed E-state index contributed by atoms with van der Waals surface area (Å²) in [6.07, 6.45) is -7.15. The summed E-state index contributed by atoms with van der Waals surface area (Å²) in [6, 6.07) is 0. The van der Waals surface area contributed by atoms with Crippen LogP contribution in [0.4, 0.5) is 13.2 Å². The van der Waals surface area contributed by atoms with E-state index in [1.807, 2.05) is 0 Å². The number of carbonyl (C=O) groups is 1. The van der Waals surface area contributed by atoms with E-state index in [9.17, 15) is 18.0 Å². The van der Waals surface area contributed by atoms with Gasteiger partial charge in [0.1, 0.15) is 5.41 Å². The van der Waals surface area contributed by atoms with Crippen LogP contribution in [0.1, 0.15) is 12.8 Å². The molecule has 0 spiro atoms. The van der Waals surface area contributed by atoms with Gasteiger partial charge in [-0.3, -0.25) is 4.79 Å². The molecule has 2 aliphatic heterocycles. The largest absolute Gasteiger partial charge is 0.481 e. The van der Waals surface area contributed by atoms with Gasteiger partial charge in [0.2, 0.25) is 0 Å². The van der Waals surface area contributed by atoms with Crippen LogP contribution in [0.15, 0.2) is 0 Å². The van der Waals surface area contributed by atoms with Crippen LogP contribution in [0.5, 0.6) is 0 Å². The Hall–Kier alpha value is -0.820. The summed E-state index contributed by atoms with van der Waals surface area (Å²) in [4.78, 5) is 10.9. The maximum absolute atomic E-state index is 12.5. The molecule has 4 nitrogen and oxygen atoms in total. The summed E-state index contributed by atoms with van der Waals surface area (Å²) in [6.45, 7) is -0.0748. The topological polar surface area (TPSA) is 72.6 Å². The minimum absolute atomic E-state index is 0.0748. The molecule has 1 saturated carbocycles. The lowest BCUT2D eigenvalue weighted by Crippen LogP contribution is -2.55. The first-order valence-electron chi connectivity index (χ1n) is 4.44. The summed E-state index contributed by atoms with van der Waals surface area (Å²) in [7, 11) is 0. The molecular formula is C8H10F3NO3. The Bertz CT molecular complexity index is 309. The highest BCUT2D eigenvalue weighted by molar-refractivity contribution is 5.78.